The lowest BCUT2D eigenvalue weighted by Gasteiger charge is -2.15. The monoisotopic (exact) mass is 456 g/mol. The van der Waals surface area contributed by atoms with Gasteiger partial charge in [-0.05, 0) is 6.42 Å². The summed E-state index contributed by atoms with van der Waals surface area (Å²) < 4.78 is 15.6. The van der Waals surface area contributed by atoms with Crippen LogP contribution in [0.4, 0.5) is 0 Å². The van der Waals surface area contributed by atoms with E-state index in [0.29, 0.717) is 11.8 Å². The normalized spacial score (nSPS) is 13.2. The first kappa shape index (κ1) is 26.6. The summed E-state index contributed by atoms with van der Waals surface area (Å²) in [5, 5.41) is 0.469. The first-order valence-corrected chi connectivity index (χ1v) is 13.4. The van der Waals surface area contributed by atoms with Crippen LogP contribution >= 0.6 is 23.8 Å². The summed E-state index contributed by atoms with van der Waals surface area (Å²) in [6.45, 7) is 2.27. The average molecular weight is 457 g/mol. The van der Waals surface area contributed by atoms with Crippen LogP contribution in [-0.4, -0.2) is 21.2 Å². The van der Waals surface area contributed by atoms with Crippen molar-refractivity contribution in [1.82, 2.24) is 0 Å². The molecule has 0 amide bonds. The molecule has 0 aliphatic heterocycles. The molecule has 0 radical (unpaired) electrons. The molecule has 0 aliphatic rings. The van der Waals surface area contributed by atoms with E-state index in [1.165, 1.54) is 89.9 Å². The van der Waals surface area contributed by atoms with E-state index in [0.717, 1.165) is 12.8 Å². The molecule has 0 aromatic rings. The molecule has 158 valence electrons. The quantitative estimate of drug-likeness (QED) is 0.113. The highest BCUT2D eigenvalue weighted by atomic mass is 79.9. The maximum Gasteiger partial charge on any atom is 0.469 e. The van der Waals surface area contributed by atoms with Gasteiger partial charge in [0.25, 0.3) is 0 Å². The van der Waals surface area contributed by atoms with E-state index in [4.69, 9.17) is 14.3 Å². The molecule has 1 unspecified atom stereocenters. The molecular formula is C20H42BrO4P. The van der Waals surface area contributed by atoms with E-state index in [2.05, 4.69) is 22.9 Å². The molecule has 0 aliphatic carbocycles. The molecule has 0 saturated carbocycles. The SMILES string of the molecule is CCCCCCCCCCCCCCCCCCC(CBr)OP(=O)(O)O. The van der Waals surface area contributed by atoms with Crippen molar-refractivity contribution in [1.29, 1.82) is 0 Å². The first-order chi connectivity index (χ1) is 12.5. The van der Waals surface area contributed by atoms with Crippen molar-refractivity contribution in [3.8, 4) is 0 Å². The number of hydrogen-bond acceptors (Lipinski definition) is 2. The molecular weight excluding hydrogens is 415 g/mol. The summed E-state index contributed by atoms with van der Waals surface area (Å²) >= 11 is 3.25. The Morgan fingerprint density at radius 3 is 1.38 bits per heavy atom. The summed E-state index contributed by atoms with van der Waals surface area (Å²) in [6, 6.07) is 0. The number of rotatable bonds is 20. The highest BCUT2D eigenvalue weighted by Crippen LogP contribution is 2.38. The molecule has 0 heterocycles. The fourth-order valence-electron chi connectivity index (χ4n) is 3.27. The lowest BCUT2D eigenvalue weighted by molar-refractivity contribution is 0.140. The number of halogens is 1. The molecule has 4 nitrogen and oxygen atoms in total. The molecule has 0 spiro atoms. The van der Waals surface area contributed by atoms with Crippen molar-refractivity contribution in [3.05, 3.63) is 0 Å². The smallest absolute Gasteiger partial charge is 0.303 e. The molecule has 0 bridgehead atoms. The molecule has 0 saturated heterocycles. The molecule has 0 aromatic carbocycles. The van der Waals surface area contributed by atoms with Crippen LogP contribution in [0.5, 0.6) is 0 Å². The topological polar surface area (TPSA) is 66.8 Å². The Bertz CT molecular complexity index is 336. The predicted molar refractivity (Wildman–Crippen MR) is 115 cm³/mol. The van der Waals surface area contributed by atoms with Gasteiger partial charge in [0.2, 0.25) is 0 Å². The van der Waals surface area contributed by atoms with E-state index >= 15 is 0 Å². The van der Waals surface area contributed by atoms with Gasteiger partial charge in [0.15, 0.2) is 0 Å². The van der Waals surface area contributed by atoms with Crippen molar-refractivity contribution >= 4 is 23.8 Å². The van der Waals surface area contributed by atoms with Gasteiger partial charge in [-0.3, -0.25) is 4.52 Å². The van der Waals surface area contributed by atoms with Crippen molar-refractivity contribution in [2.75, 3.05) is 5.33 Å². The number of unbranched alkanes of at least 4 members (excludes halogenated alkanes) is 15. The van der Waals surface area contributed by atoms with Crippen LogP contribution in [0.3, 0.4) is 0 Å². The Morgan fingerprint density at radius 2 is 1.08 bits per heavy atom. The number of phosphoric ester groups is 1. The Balaban J connectivity index is 3.23. The number of alkyl halides is 1. The Kier molecular flexibility index (Phi) is 19.4. The van der Waals surface area contributed by atoms with E-state index < -0.39 is 7.82 Å². The Labute approximate surface area is 170 Å². The maximum absolute atomic E-state index is 10.8. The Morgan fingerprint density at radius 1 is 0.731 bits per heavy atom. The van der Waals surface area contributed by atoms with Crippen molar-refractivity contribution in [2.45, 2.75) is 122 Å². The lowest BCUT2D eigenvalue weighted by atomic mass is 10.0. The summed E-state index contributed by atoms with van der Waals surface area (Å²) in [6.07, 6.45) is 21.6. The number of phosphoric acid groups is 1. The van der Waals surface area contributed by atoms with Gasteiger partial charge in [-0.25, -0.2) is 4.57 Å². The lowest BCUT2D eigenvalue weighted by Crippen LogP contribution is -2.12. The third-order valence-corrected chi connectivity index (χ3v) is 6.13. The van der Waals surface area contributed by atoms with Crippen LogP contribution < -0.4 is 0 Å². The second-order valence-electron chi connectivity index (χ2n) is 7.46. The predicted octanol–water partition coefficient (Wildman–Crippen LogP) is 7.51. The fraction of sp³-hybridized carbons (Fsp3) is 1.00. The minimum atomic E-state index is -4.36. The van der Waals surface area contributed by atoms with Crippen LogP contribution in [-0.2, 0) is 9.09 Å². The molecule has 1 atom stereocenters. The van der Waals surface area contributed by atoms with Gasteiger partial charge in [0.1, 0.15) is 0 Å². The molecule has 26 heavy (non-hydrogen) atoms. The van der Waals surface area contributed by atoms with Gasteiger partial charge in [-0.2, -0.15) is 0 Å². The number of hydrogen-bond donors (Lipinski definition) is 2. The van der Waals surface area contributed by atoms with Gasteiger partial charge in [0.05, 0.1) is 6.10 Å². The second-order valence-corrected chi connectivity index (χ2v) is 9.30. The Hall–Kier alpha value is 0.590. The third kappa shape index (κ3) is 20.9. The zero-order chi connectivity index (χ0) is 19.5. The van der Waals surface area contributed by atoms with Crippen LogP contribution in [0.25, 0.3) is 0 Å². The van der Waals surface area contributed by atoms with Crippen LogP contribution in [0.2, 0.25) is 0 Å². The second kappa shape index (κ2) is 18.9. The van der Waals surface area contributed by atoms with Crippen LogP contribution in [0.15, 0.2) is 0 Å². The van der Waals surface area contributed by atoms with Gasteiger partial charge in [-0.1, -0.05) is 126 Å². The standard InChI is InChI=1S/C20H42BrO4P/c1-2-3-4-5-6-7-8-9-10-11-12-13-14-15-16-17-18-20(19-21)25-26(22,23)24/h20H,2-19H2,1H3,(H2,22,23,24). The maximum atomic E-state index is 10.8. The highest BCUT2D eigenvalue weighted by molar-refractivity contribution is 9.09. The van der Waals surface area contributed by atoms with Gasteiger partial charge in [-0.15, -0.1) is 0 Å². The third-order valence-electron chi connectivity index (χ3n) is 4.84. The molecule has 0 fully saturated rings. The summed E-state index contributed by atoms with van der Waals surface area (Å²) in [7, 11) is -4.36. The largest absolute Gasteiger partial charge is 0.469 e. The average Bonchev–Trinajstić information content (AvgIpc) is 2.59. The minimum absolute atomic E-state index is 0.387. The van der Waals surface area contributed by atoms with Crippen LogP contribution in [0.1, 0.15) is 116 Å². The van der Waals surface area contributed by atoms with Gasteiger partial charge >= 0.3 is 7.82 Å². The van der Waals surface area contributed by atoms with Crippen molar-refractivity contribution in [2.24, 2.45) is 0 Å². The molecule has 6 heteroatoms. The van der Waals surface area contributed by atoms with E-state index in [1.807, 2.05) is 0 Å². The summed E-state index contributed by atoms with van der Waals surface area (Å²) in [5.74, 6) is 0. The summed E-state index contributed by atoms with van der Waals surface area (Å²) in [5.41, 5.74) is 0. The molecule has 2 N–H and O–H groups in total. The van der Waals surface area contributed by atoms with E-state index in [9.17, 15) is 4.57 Å². The summed E-state index contributed by atoms with van der Waals surface area (Å²) in [4.78, 5) is 17.6. The first-order valence-electron chi connectivity index (χ1n) is 10.8. The van der Waals surface area contributed by atoms with Gasteiger partial charge < -0.3 is 9.79 Å². The van der Waals surface area contributed by atoms with Gasteiger partial charge in [0, 0.05) is 5.33 Å². The highest BCUT2D eigenvalue weighted by Gasteiger charge is 2.20. The molecule has 0 aromatic heterocycles. The fourth-order valence-corrected chi connectivity index (χ4v) is 4.50. The van der Waals surface area contributed by atoms with E-state index in [1.54, 1.807) is 0 Å². The minimum Gasteiger partial charge on any atom is -0.303 e. The van der Waals surface area contributed by atoms with Crippen LogP contribution in [0, 0.1) is 0 Å². The van der Waals surface area contributed by atoms with E-state index in [-0.39, 0.29) is 6.10 Å². The zero-order valence-corrected chi connectivity index (χ0v) is 19.3. The van der Waals surface area contributed by atoms with Crippen molar-refractivity contribution < 1.29 is 18.9 Å². The van der Waals surface area contributed by atoms with Crippen molar-refractivity contribution in [3.63, 3.8) is 0 Å². The zero-order valence-electron chi connectivity index (χ0n) is 16.8. The molecule has 0 rings (SSSR count).